The summed E-state index contributed by atoms with van der Waals surface area (Å²) in [5.41, 5.74) is 7.06. The summed E-state index contributed by atoms with van der Waals surface area (Å²) in [7, 11) is 0. The summed E-state index contributed by atoms with van der Waals surface area (Å²) in [6, 6.07) is 2.00. The van der Waals surface area contributed by atoms with Gasteiger partial charge in [0.2, 0.25) is 0 Å². The number of halogens is 1. The molecule has 2 rings (SSSR count). The van der Waals surface area contributed by atoms with Crippen molar-refractivity contribution in [2.24, 2.45) is 5.73 Å². The van der Waals surface area contributed by atoms with E-state index in [1.807, 2.05) is 17.8 Å². The lowest BCUT2D eigenvalue weighted by molar-refractivity contribution is 0.564. The number of pyridine rings is 1. The third-order valence-corrected chi connectivity index (χ3v) is 4.89. The quantitative estimate of drug-likeness (QED) is 0.885. The van der Waals surface area contributed by atoms with Gasteiger partial charge in [-0.1, -0.05) is 11.6 Å². The van der Waals surface area contributed by atoms with Gasteiger partial charge >= 0.3 is 0 Å². The Labute approximate surface area is 99.6 Å². The Balaban J connectivity index is 2.16. The molecule has 15 heavy (non-hydrogen) atoms. The number of aromatic nitrogens is 1. The van der Waals surface area contributed by atoms with Gasteiger partial charge in [0.15, 0.2) is 0 Å². The van der Waals surface area contributed by atoms with Crippen molar-refractivity contribution in [3.8, 4) is 0 Å². The molecule has 0 bridgehead atoms. The first kappa shape index (κ1) is 11.2. The van der Waals surface area contributed by atoms with Crippen LogP contribution in [0.15, 0.2) is 18.5 Å². The molecule has 0 aliphatic carbocycles. The molecule has 1 saturated heterocycles. The highest BCUT2D eigenvalue weighted by Crippen LogP contribution is 2.40. The minimum absolute atomic E-state index is 0.213. The maximum atomic E-state index is 6.11. The summed E-state index contributed by atoms with van der Waals surface area (Å²) in [4.78, 5) is 4.00. The summed E-state index contributed by atoms with van der Waals surface area (Å²) < 4.78 is 0.213. The molecule has 1 fully saturated rings. The van der Waals surface area contributed by atoms with Crippen LogP contribution < -0.4 is 5.73 Å². The van der Waals surface area contributed by atoms with Crippen LogP contribution >= 0.6 is 23.4 Å². The molecule has 0 amide bonds. The lowest BCUT2D eigenvalue weighted by Crippen LogP contribution is -2.34. The van der Waals surface area contributed by atoms with Gasteiger partial charge in [-0.05, 0) is 36.6 Å². The van der Waals surface area contributed by atoms with Gasteiger partial charge in [0, 0.05) is 23.7 Å². The van der Waals surface area contributed by atoms with Gasteiger partial charge in [-0.15, -0.1) is 0 Å². The van der Waals surface area contributed by atoms with Gasteiger partial charge < -0.3 is 5.73 Å². The Morgan fingerprint density at radius 1 is 1.60 bits per heavy atom. The predicted octanol–water partition coefficient (Wildman–Crippen LogP) is 2.50. The molecule has 1 aromatic rings. The lowest BCUT2D eigenvalue weighted by atomic mass is 9.95. The van der Waals surface area contributed by atoms with Crippen LogP contribution in [0.1, 0.15) is 18.4 Å². The number of nitrogens with zero attached hydrogens (tertiary/aromatic N) is 1. The minimum Gasteiger partial charge on any atom is -0.329 e. The van der Waals surface area contributed by atoms with Crippen molar-refractivity contribution in [3.63, 3.8) is 0 Å². The molecule has 0 spiro atoms. The zero-order valence-electron chi connectivity index (χ0n) is 8.58. The average molecular weight is 243 g/mol. The zero-order valence-corrected chi connectivity index (χ0v) is 10.2. The molecule has 0 saturated carbocycles. The third-order valence-electron chi connectivity index (χ3n) is 2.93. The van der Waals surface area contributed by atoms with Crippen molar-refractivity contribution in [1.82, 2.24) is 4.98 Å². The summed E-state index contributed by atoms with van der Waals surface area (Å²) >= 11 is 8.10. The van der Waals surface area contributed by atoms with Gasteiger partial charge in [-0.25, -0.2) is 0 Å². The van der Waals surface area contributed by atoms with Crippen LogP contribution in [0.4, 0.5) is 0 Å². The summed E-state index contributed by atoms with van der Waals surface area (Å²) in [5.74, 6) is 1.22. The van der Waals surface area contributed by atoms with E-state index in [0.717, 1.165) is 18.0 Å². The van der Waals surface area contributed by atoms with Gasteiger partial charge in [0.25, 0.3) is 0 Å². The number of hydrogen-bond donors (Lipinski definition) is 1. The van der Waals surface area contributed by atoms with Crippen LogP contribution in [0.25, 0.3) is 0 Å². The van der Waals surface area contributed by atoms with Gasteiger partial charge in [0.1, 0.15) is 0 Å². The average Bonchev–Trinajstić information content (AvgIpc) is 2.71. The van der Waals surface area contributed by atoms with Crippen LogP contribution in [0.5, 0.6) is 0 Å². The Morgan fingerprint density at radius 2 is 2.47 bits per heavy atom. The first-order valence-corrected chi connectivity index (χ1v) is 6.54. The number of rotatable bonds is 3. The molecule has 1 aromatic heterocycles. The van der Waals surface area contributed by atoms with Crippen molar-refractivity contribution in [2.45, 2.75) is 24.0 Å². The molecule has 1 aliphatic rings. The molecule has 82 valence electrons. The fourth-order valence-electron chi connectivity index (χ4n) is 2.02. The highest BCUT2D eigenvalue weighted by Gasteiger charge is 2.33. The molecular weight excluding hydrogens is 228 g/mol. The normalized spacial score (nSPS) is 25.7. The fourth-order valence-corrected chi connectivity index (χ4v) is 3.59. The van der Waals surface area contributed by atoms with Crippen LogP contribution in [0, 0.1) is 0 Å². The molecule has 1 unspecified atom stereocenters. The van der Waals surface area contributed by atoms with Gasteiger partial charge in [0.05, 0.1) is 5.02 Å². The molecule has 0 aromatic carbocycles. The van der Waals surface area contributed by atoms with Crippen LogP contribution in [0.3, 0.4) is 0 Å². The van der Waals surface area contributed by atoms with E-state index in [1.54, 1.807) is 12.4 Å². The molecule has 1 atom stereocenters. The van der Waals surface area contributed by atoms with Crippen LogP contribution in [0.2, 0.25) is 5.02 Å². The maximum absolute atomic E-state index is 6.11. The van der Waals surface area contributed by atoms with E-state index >= 15 is 0 Å². The van der Waals surface area contributed by atoms with Crippen molar-refractivity contribution < 1.29 is 0 Å². The first-order chi connectivity index (χ1) is 7.26. The molecule has 0 radical (unpaired) electrons. The molecule has 2 heterocycles. The standard InChI is InChI=1S/C11H15ClN2S/c12-10-7-14-4-2-9(10)6-11(8-13)3-1-5-15-11/h2,4,7H,1,3,5-6,8,13H2. The monoisotopic (exact) mass is 242 g/mol. The van der Waals surface area contributed by atoms with Crippen molar-refractivity contribution in [1.29, 1.82) is 0 Å². The SMILES string of the molecule is NCC1(Cc2ccncc2Cl)CCCS1. The Kier molecular flexibility index (Phi) is 3.54. The van der Waals surface area contributed by atoms with Crippen molar-refractivity contribution in [2.75, 3.05) is 12.3 Å². The van der Waals surface area contributed by atoms with E-state index < -0.39 is 0 Å². The van der Waals surface area contributed by atoms with E-state index in [9.17, 15) is 0 Å². The number of hydrogen-bond acceptors (Lipinski definition) is 3. The first-order valence-electron chi connectivity index (χ1n) is 5.18. The summed E-state index contributed by atoms with van der Waals surface area (Å²) in [6.45, 7) is 0.732. The smallest absolute Gasteiger partial charge is 0.0621 e. The highest BCUT2D eigenvalue weighted by atomic mass is 35.5. The predicted molar refractivity (Wildman–Crippen MR) is 66.4 cm³/mol. The maximum Gasteiger partial charge on any atom is 0.0621 e. The van der Waals surface area contributed by atoms with Gasteiger partial charge in [-0.2, -0.15) is 11.8 Å². The summed E-state index contributed by atoms with van der Waals surface area (Å²) in [5, 5.41) is 0.762. The van der Waals surface area contributed by atoms with Gasteiger partial charge in [-0.3, -0.25) is 4.98 Å². The fraction of sp³-hybridized carbons (Fsp3) is 0.545. The van der Waals surface area contributed by atoms with E-state index in [2.05, 4.69) is 4.98 Å². The Morgan fingerprint density at radius 3 is 3.07 bits per heavy atom. The zero-order chi connectivity index (χ0) is 10.7. The highest BCUT2D eigenvalue weighted by molar-refractivity contribution is 8.00. The number of nitrogens with two attached hydrogens (primary N) is 1. The Bertz CT molecular complexity index is 337. The van der Waals surface area contributed by atoms with Crippen molar-refractivity contribution >= 4 is 23.4 Å². The third kappa shape index (κ3) is 2.47. The molecule has 2 N–H and O–H groups in total. The molecule has 2 nitrogen and oxygen atoms in total. The Hall–Kier alpha value is -0.250. The molecule has 4 heteroatoms. The van der Waals surface area contributed by atoms with Crippen LogP contribution in [-0.2, 0) is 6.42 Å². The molecule has 1 aliphatic heterocycles. The largest absolute Gasteiger partial charge is 0.329 e. The van der Waals surface area contributed by atoms with Crippen molar-refractivity contribution in [3.05, 3.63) is 29.0 Å². The van der Waals surface area contributed by atoms with E-state index in [-0.39, 0.29) is 4.75 Å². The van der Waals surface area contributed by atoms with E-state index in [1.165, 1.54) is 24.2 Å². The van der Waals surface area contributed by atoms with E-state index in [4.69, 9.17) is 17.3 Å². The van der Waals surface area contributed by atoms with E-state index in [0.29, 0.717) is 0 Å². The summed E-state index contributed by atoms with van der Waals surface area (Å²) in [6.07, 6.45) is 6.94. The second kappa shape index (κ2) is 4.73. The number of thioether (sulfide) groups is 1. The molecular formula is C11H15ClN2S. The second-order valence-corrected chi connectivity index (χ2v) is 5.95. The topological polar surface area (TPSA) is 38.9 Å². The lowest BCUT2D eigenvalue weighted by Gasteiger charge is -2.26. The minimum atomic E-state index is 0.213. The van der Waals surface area contributed by atoms with Crippen LogP contribution in [-0.4, -0.2) is 22.0 Å². The second-order valence-electron chi connectivity index (χ2n) is 3.98.